The normalized spacial score (nSPS) is 13.1. The summed E-state index contributed by atoms with van der Waals surface area (Å²) >= 11 is 0. The summed E-state index contributed by atoms with van der Waals surface area (Å²) in [5, 5.41) is 1.50. The minimum Gasteiger partial charge on any atom is -0.491 e. The molecule has 0 saturated carbocycles. The molecule has 0 spiro atoms. The first-order chi connectivity index (χ1) is 13.9. The molecule has 0 aromatic heterocycles. The Morgan fingerprint density at radius 1 is 1.10 bits per heavy atom. The Labute approximate surface area is 167 Å². The van der Waals surface area contributed by atoms with Crippen LogP contribution in [-0.4, -0.2) is 25.7 Å². The van der Waals surface area contributed by atoms with Gasteiger partial charge in [0.25, 0.3) is 0 Å². The van der Waals surface area contributed by atoms with Crippen molar-refractivity contribution in [2.24, 2.45) is 9.98 Å². The molecule has 29 heavy (non-hydrogen) atoms. The van der Waals surface area contributed by atoms with Crippen molar-refractivity contribution in [2.45, 2.75) is 27.7 Å². The van der Waals surface area contributed by atoms with Gasteiger partial charge in [-0.15, -0.1) is 0 Å². The standard InChI is InChI=1S/C22H20N2O5/c1-6-28-22(26)19-11(3)17-10(2)18-14(9-15(17)23-19)13-7-8-16(29-12(4)25)21(27-5)20(13)24-18/h7-9H,6H2,1-5H3. The lowest BCUT2D eigenvalue weighted by Gasteiger charge is -2.11. The van der Waals surface area contributed by atoms with E-state index >= 15 is 0 Å². The van der Waals surface area contributed by atoms with Crippen molar-refractivity contribution in [3.05, 3.63) is 45.7 Å². The molecule has 2 aromatic rings. The van der Waals surface area contributed by atoms with Crippen molar-refractivity contribution in [3.63, 3.8) is 0 Å². The van der Waals surface area contributed by atoms with Crippen LogP contribution in [0.2, 0.25) is 0 Å². The van der Waals surface area contributed by atoms with Crippen molar-refractivity contribution in [3.8, 4) is 22.6 Å². The number of fused-ring (bicyclic) bond motifs is 4. The average Bonchev–Trinajstić information content (AvgIpc) is 3.20. The Hall–Kier alpha value is -3.48. The number of nitrogens with zero attached hydrogens (tertiary/aromatic N) is 2. The highest BCUT2D eigenvalue weighted by molar-refractivity contribution is 5.99. The number of carbonyl (C=O) groups excluding carboxylic acids is 2. The molecule has 0 bridgehead atoms. The Morgan fingerprint density at radius 3 is 2.52 bits per heavy atom. The van der Waals surface area contributed by atoms with Crippen LogP contribution in [0.25, 0.3) is 16.7 Å². The monoisotopic (exact) mass is 392 g/mol. The van der Waals surface area contributed by atoms with Crippen LogP contribution in [0.3, 0.4) is 0 Å². The van der Waals surface area contributed by atoms with Gasteiger partial charge in [-0.2, -0.15) is 0 Å². The Balaban J connectivity index is 1.92. The number of rotatable bonds is 4. The minimum absolute atomic E-state index is 0.296. The topological polar surface area (TPSA) is 86.6 Å². The number of hydrogen-bond acceptors (Lipinski definition) is 7. The Kier molecular flexibility index (Phi) is 4.45. The van der Waals surface area contributed by atoms with E-state index in [1.807, 2.05) is 26.0 Å². The van der Waals surface area contributed by atoms with Gasteiger partial charge >= 0.3 is 11.9 Å². The van der Waals surface area contributed by atoms with E-state index in [9.17, 15) is 9.59 Å². The van der Waals surface area contributed by atoms with Crippen molar-refractivity contribution >= 4 is 23.2 Å². The van der Waals surface area contributed by atoms with Gasteiger partial charge in [-0.05, 0) is 50.1 Å². The van der Waals surface area contributed by atoms with E-state index < -0.39 is 11.9 Å². The van der Waals surface area contributed by atoms with Gasteiger partial charge in [0.1, 0.15) is 5.69 Å². The predicted octanol–water partition coefficient (Wildman–Crippen LogP) is 2.79. The Bertz CT molecular complexity index is 1240. The van der Waals surface area contributed by atoms with Crippen LogP contribution in [0.1, 0.15) is 31.9 Å². The highest BCUT2D eigenvalue weighted by Crippen LogP contribution is 2.46. The van der Waals surface area contributed by atoms with E-state index in [-0.39, 0.29) is 0 Å². The summed E-state index contributed by atoms with van der Waals surface area (Å²) in [5.41, 5.74) is 5.28. The van der Waals surface area contributed by atoms with E-state index in [4.69, 9.17) is 19.2 Å². The van der Waals surface area contributed by atoms with Crippen molar-refractivity contribution < 1.29 is 23.8 Å². The zero-order valence-corrected chi connectivity index (χ0v) is 16.9. The first kappa shape index (κ1) is 18.9. The fourth-order valence-corrected chi connectivity index (χ4v) is 3.85. The number of methoxy groups -OCH3 is 1. The van der Waals surface area contributed by atoms with Gasteiger partial charge in [-0.25, -0.2) is 14.8 Å². The van der Waals surface area contributed by atoms with Crippen LogP contribution >= 0.6 is 0 Å². The van der Waals surface area contributed by atoms with Crippen molar-refractivity contribution in [2.75, 3.05) is 13.7 Å². The molecular weight excluding hydrogens is 372 g/mol. The second kappa shape index (κ2) is 6.84. The molecule has 7 heteroatoms. The lowest BCUT2D eigenvalue weighted by Crippen LogP contribution is -2.18. The fourth-order valence-electron chi connectivity index (χ4n) is 3.85. The highest BCUT2D eigenvalue weighted by atomic mass is 16.6. The lowest BCUT2D eigenvalue weighted by atomic mass is 9.96. The number of allylic oxidation sites excluding steroid dienone is 1. The largest absolute Gasteiger partial charge is 0.491 e. The molecule has 2 aliphatic heterocycles. The third-order valence-corrected chi connectivity index (χ3v) is 5.02. The molecule has 7 nitrogen and oxygen atoms in total. The number of hydrogen-bond donors (Lipinski definition) is 0. The van der Waals surface area contributed by atoms with Crippen LogP contribution in [0.4, 0.5) is 5.69 Å². The van der Waals surface area contributed by atoms with Gasteiger partial charge in [0, 0.05) is 23.6 Å². The summed E-state index contributed by atoms with van der Waals surface area (Å²) in [5.74, 6) is -0.124. The lowest BCUT2D eigenvalue weighted by molar-refractivity contribution is -0.138. The molecule has 4 rings (SSSR count). The fraction of sp³-hybridized carbons (Fsp3) is 0.273. The van der Waals surface area contributed by atoms with Gasteiger partial charge in [0.2, 0.25) is 0 Å². The summed E-state index contributed by atoms with van der Waals surface area (Å²) in [4.78, 5) is 32.9. The number of ether oxygens (including phenoxy) is 3. The van der Waals surface area contributed by atoms with Crippen LogP contribution in [-0.2, 0) is 14.3 Å². The number of benzene rings is 2. The third kappa shape index (κ3) is 2.81. The summed E-state index contributed by atoms with van der Waals surface area (Å²) in [6.45, 7) is 7.22. The summed E-state index contributed by atoms with van der Waals surface area (Å²) in [7, 11) is 1.52. The second-order valence-electron chi connectivity index (χ2n) is 6.80. The van der Waals surface area contributed by atoms with Crippen LogP contribution < -0.4 is 20.2 Å². The maximum atomic E-state index is 12.2. The minimum atomic E-state index is -0.431. The molecule has 0 fully saturated rings. The molecule has 148 valence electrons. The molecule has 0 radical (unpaired) electrons. The average molecular weight is 392 g/mol. The maximum Gasteiger partial charge on any atom is 0.357 e. The van der Waals surface area contributed by atoms with E-state index in [1.165, 1.54) is 14.0 Å². The molecule has 2 aliphatic rings. The van der Waals surface area contributed by atoms with E-state index in [0.29, 0.717) is 34.8 Å². The SMILES string of the molecule is CCOC(=O)C1=C(C)c2c(C)c3c(cc2=N1)-c1ccc(OC(C)=O)c(OC)c1N=3. The third-order valence-electron chi connectivity index (χ3n) is 5.02. The first-order valence-electron chi connectivity index (χ1n) is 9.26. The van der Waals surface area contributed by atoms with Crippen LogP contribution in [0.15, 0.2) is 33.9 Å². The first-order valence-corrected chi connectivity index (χ1v) is 9.26. The highest BCUT2D eigenvalue weighted by Gasteiger charge is 2.28. The van der Waals surface area contributed by atoms with E-state index in [2.05, 4.69) is 4.99 Å². The molecule has 0 aliphatic carbocycles. The van der Waals surface area contributed by atoms with Crippen molar-refractivity contribution in [1.82, 2.24) is 0 Å². The van der Waals surface area contributed by atoms with E-state index in [1.54, 1.807) is 13.0 Å². The van der Waals surface area contributed by atoms with Gasteiger partial charge in [-0.3, -0.25) is 4.79 Å². The Morgan fingerprint density at radius 2 is 1.86 bits per heavy atom. The molecule has 2 heterocycles. The van der Waals surface area contributed by atoms with Crippen LogP contribution in [0, 0.1) is 6.92 Å². The van der Waals surface area contributed by atoms with Crippen molar-refractivity contribution in [1.29, 1.82) is 0 Å². The van der Waals surface area contributed by atoms with Crippen LogP contribution in [0.5, 0.6) is 11.5 Å². The number of esters is 2. The summed E-state index contributed by atoms with van der Waals surface area (Å²) in [6.07, 6.45) is 0. The van der Waals surface area contributed by atoms with E-state index in [0.717, 1.165) is 33.2 Å². The molecule has 0 amide bonds. The molecule has 0 N–H and O–H groups in total. The summed E-state index contributed by atoms with van der Waals surface area (Å²) < 4.78 is 15.9. The number of carbonyl (C=O) groups is 2. The zero-order chi connectivity index (χ0) is 20.9. The second-order valence-corrected chi connectivity index (χ2v) is 6.80. The maximum absolute atomic E-state index is 12.2. The molecule has 2 aromatic carbocycles. The molecule has 0 saturated heterocycles. The zero-order valence-electron chi connectivity index (χ0n) is 16.9. The quantitative estimate of drug-likeness (QED) is 0.503. The molecular formula is C22H20N2O5. The van der Waals surface area contributed by atoms with Gasteiger partial charge in [-0.1, -0.05) is 0 Å². The van der Waals surface area contributed by atoms with Gasteiger partial charge in [0.15, 0.2) is 17.2 Å². The summed E-state index contributed by atoms with van der Waals surface area (Å²) in [6, 6.07) is 5.46. The predicted molar refractivity (Wildman–Crippen MR) is 106 cm³/mol. The smallest absolute Gasteiger partial charge is 0.357 e. The molecule has 0 atom stereocenters. The molecule has 0 unspecified atom stereocenters. The van der Waals surface area contributed by atoms with Gasteiger partial charge in [0.05, 0.1) is 24.4 Å². The van der Waals surface area contributed by atoms with Gasteiger partial charge < -0.3 is 14.2 Å².